The van der Waals surface area contributed by atoms with Gasteiger partial charge in [0.25, 0.3) is 0 Å². The van der Waals surface area contributed by atoms with Crippen molar-refractivity contribution in [2.24, 2.45) is 5.92 Å². The lowest BCUT2D eigenvalue weighted by Gasteiger charge is -2.46. The Hall–Kier alpha value is -0.176. The van der Waals surface area contributed by atoms with Gasteiger partial charge in [-0.2, -0.15) is 0 Å². The van der Waals surface area contributed by atoms with Crippen LogP contribution >= 0.6 is 0 Å². The van der Waals surface area contributed by atoms with E-state index in [1.807, 2.05) is 6.92 Å². The number of carbonyl (C=O) groups is 1. The zero-order chi connectivity index (χ0) is 15.9. The Morgan fingerprint density at radius 3 is 2.00 bits per heavy atom. The van der Waals surface area contributed by atoms with Crippen LogP contribution in [0.4, 0.5) is 0 Å². The van der Waals surface area contributed by atoms with Crippen LogP contribution in [0.1, 0.15) is 27.7 Å². The molecule has 1 amide bonds. The highest BCUT2D eigenvalue weighted by Gasteiger charge is 2.49. The maximum Gasteiger partial charge on any atom is 0.232 e. The molecule has 0 aliphatic carbocycles. The second-order valence-corrected chi connectivity index (χ2v) is 17.5. The molecule has 0 aromatic carbocycles. The normalized spacial score (nSPS) is 25.9. The molecule has 0 radical (unpaired) electrons. The highest BCUT2D eigenvalue weighted by Crippen LogP contribution is 2.39. The van der Waals surface area contributed by atoms with Crippen molar-refractivity contribution < 1.29 is 13.6 Å². The molecule has 1 rings (SSSR count). The van der Waals surface area contributed by atoms with Gasteiger partial charge in [0.05, 0.1) is 6.10 Å². The third kappa shape index (κ3) is 4.16. The molecule has 1 heterocycles. The predicted octanol–water partition coefficient (Wildman–Crippen LogP) is 3.32. The molecule has 20 heavy (non-hydrogen) atoms. The third-order valence-electron chi connectivity index (χ3n) is 4.19. The summed E-state index contributed by atoms with van der Waals surface area (Å²) >= 11 is 0. The summed E-state index contributed by atoms with van der Waals surface area (Å²) in [5.41, 5.74) is 0. The van der Waals surface area contributed by atoms with Gasteiger partial charge < -0.3 is 14.2 Å². The molecule has 0 aromatic rings. The molecule has 0 aromatic heterocycles. The zero-order valence-electron chi connectivity index (χ0n) is 14.5. The summed E-state index contributed by atoms with van der Waals surface area (Å²) in [5, 5.41) is 3.01. The van der Waals surface area contributed by atoms with Crippen LogP contribution in [0.5, 0.6) is 0 Å². The fourth-order valence-corrected chi connectivity index (χ4v) is 4.42. The molecule has 4 nitrogen and oxygen atoms in total. The maximum absolute atomic E-state index is 11.9. The molecule has 1 aliphatic rings. The lowest BCUT2D eigenvalue weighted by Crippen LogP contribution is -2.66. The van der Waals surface area contributed by atoms with Crippen LogP contribution in [-0.4, -0.2) is 34.9 Å². The molecule has 1 unspecified atom stereocenters. The Kier molecular flexibility index (Phi) is 4.96. The predicted molar refractivity (Wildman–Crippen MR) is 87.6 cm³/mol. The topological polar surface area (TPSA) is 47.6 Å². The largest absolute Gasteiger partial charge is 0.413 e. The Labute approximate surface area is 125 Å². The highest BCUT2D eigenvalue weighted by atomic mass is 28.4. The average molecular weight is 318 g/mol. The number of amides is 1. The molecule has 1 N–H and O–H groups in total. The summed E-state index contributed by atoms with van der Waals surface area (Å²) in [5.74, 6) is -0.115. The molecule has 0 bridgehead atoms. The molecule has 1 fully saturated rings. The Bertz CT molecular complexity index is 372. The van der Waals surface area contributed by atoms with E-state index in [2.05, 4.69) is 58.8 Å². The van der Waals surface area contributed by atoms with E-state index >= 15 is 0 Å². The van der Waals surface area contributed by atoms with Gasteiger partial charge in [0.2, 0.25) is 5.91 Å². The van der Waals surface area contributed by atoms with Gasteiger partial charge in [-0.1, -0.05) is 20.8 Å². The first-order valence-electron chi connectivity index (χ1n) is 7.41. The molecule has 6 heteroatoms. The van der Waals surface area contributed by atoms with Crippen molar-refractivity contribution in [2.45, 2.75) is 77.8 Å². The number of nitrogens with one attached hydrogen (secondary N) is 1. The molecular formula is C14H31NO3Si2. The van der Waals surface area contributed by atoms with Crippen molar-refractivity contribution in [2.75, 3.05) is 0 Å². The van der Waals surface area contributed by atoms with Crippen molar-refractivity contribution >= 4 is 22.5 Å². The maximum atomic E-state index is 11.9. The smallest absolute Gasteiger partial charge is 0.232 e. The van der Waals surface area contributed by atoms with E-state index in [-0.39, 0.29) is 29.2 Å². The number of β-lactam (4-membered cyclic amide) rings is 1. The van der Waals surface area contributed by atoms with Crippen molar-refractivity contribution in [1.29, 1.82) is 0 Å². The van der Waals surface area contributed by atoms with E-state index in [1.165, 1.54) is 0 Å². The Balaban J connectivity index is 2.71. The van der Waals surface area contributed by atoms with Gasteiger partial charge in [-0.25, -0.2) is 0 Å². The van der Waals surface area contributed by atoms with Crippen LogP contribution in [-0.2, 0) is 13.6 Å². The lowest BCUT2D eigenvalue weighted by atomic mass is 9.94. The summed E-state index contributed by atoms with van der Waals surface area (Å²) in [7, 11) is -3.52. The minimum atomic E-state index is -1.86. The molecule has 0 spiro atoms. The number of carbonyl (C=O) groups excluding carboxylic acids is 1. The lowest BCUT2D eigenvalue weighted by molar-refractivity contribution is -0.151. The van der Waals surface area contributed by atoms with E-state index in [1.54, 1.807) is 0 Å². The van der Waals surface area contributed by atoms with E-state index < -0.39 is 16.6 Å². The van der Waals surface area contributed by atoms with Crippen LogP contribution in [0.3, 0.4) is 0 Å². The third-order valence-corrected chi connectivity index (χ3v) is 9.72. The number of rotatable bonds is 5. The Morgan fingerprint density at radius 1 is 1.15 bits per heavy atom. The van der Waals surface area contributed by atoms with Gasteiger partial charge in [0, 0.05) is 0 Å². The van der Waals surface area contributed by atoms with Crippen molar-refractivity contribution in [3.05, 3.63) is 0 Å². The fraction of sp³-hybridized carbons (Fsp3) is 0.929. The first-order valence-corrected chi connectivity index (χ1v) is 13.7. The second kappa shape index (κ2) is 5.55. The SMILES string of the molecule is CC(O[Si](C)(C)C(C)(C)C)[C@H]1C(=O)N[C@@H]1O[Si](C)(C)C. The molecule has 118 valence electrons. The fourth-order valence-electron chi connectivity index (χ4n) is 2.03. The van der Waals surface area contributed by atoms with Gasteiger partial charge in [0.15, 0.2) is 16.6 Å². The van der Waals surface area contributed by atoms with Gasteiger partial charge in [-0.15, -0.1) is 0 Å². The van der Waals surface area contributed by atoms with Gasteiger partial charge in [-0.3, -0.25) is 4.79 Å². The molecule has 1 aliphatic heterocycles. The minimum Gasteiger partial charge on any atom is -0.413 e. The second-order valence-electron chi connectivity index (χ2n) is 8.27. The van der Waals surface area contributed by atoms with Crippen LogP contribution < -0.4 is 5.32 Å². The summed E-state index contributed by atoms with van der Waals surface area (Å²) in [6, 6.07) is 0. The standard InChI is InChI=1S/C14H31NO3Si2/c1-10(17-20(8,9)14(2,3)4)11-12(16)15-13(11)18-19(5,6)7/h10-11,13H,1-9H3,(H,15,16)/t10?,11-,13+/m0/s1. The molecule has 3 atom stereocenters. The zero-order valence-corrected chi connectivity index (χ0v) is 16.5. The van der Waals surface area contributed by atoms with Crippen LogP contribution in [0.25, 0.3) is 0 Å². The van der Waals surface area contributed by atoms with Crippen molar-refractivity contribution in [1.82, 2.24) is 5.32 Å². The molecule has 1 saturated heterocycles. The molecular weight excluding hydrogens is 286 g/mol. The van der Waals surface area contributed by atoms with Crippen molar-refractivity contribution in [3.8, 4) is 0 Å². The first-order chi connectivity index (χ1) is 8.74. The average Bonchev–Trinajstić information content (AvgIpc) is 2.10. The van der Waals surface area contributed by atoms with Crippen LogP contribution in [0.15, 0.2) is 0 Å². The minimum absolute atomic E-state index is 0.0551. The quantitative estimate of drug-likeness (QED) is 0.625. The van der Waals surface area contributed by atoms with E-state index in [0.717, 1.165) is 0 Å². The number of hydrogen-bond donors (Lipinski definition) is 1. The van der Waals surface area contributed by atoms with E-state index in [9.17, 15) is 4.79 Å². The summed E-state index contributed by atoms with van der Waals surface area (Å²) in [4.78, 5) is 11.9. The van der Waals surface area contributed by atoms with Gasteiger partial charge >= 0.3 is 0 Å². The van der Waals surface area contributed by atoms with Crippen LogP contribution in [0.2, 0.25) is 37.8 Å². The molecule has 0 saturated carbocycles. The number of hydrogen-bond acceptors (Lipinski definition) is 3. The highest BCUT2D eigenvalue weighted by molar-refractivity contribution is 6.74. The Morgan fingerprint density at radius 2 is 1.65 bits per heavy atom. The van der Waals surface area contributed by atoms with Crippen molar-refractivity contribution in [3.63, 3.8) is 0 Å². The van der Waals surface area contributed by atoms with E-state index in [0.29, 0.717) is 0 Å². The summed E-state index contributed by atoms with van der Waals surface area (Å²) in [6.07, 6.45) is -0.264. The van der Waals surface area contributed by atoms with Crippen LogP contribution in [0, 0.1) is 5.92 Å². The first kappa shape index (κ1) is 17.9. The van der Waals surface area contributed by atoms with Gasteiger partial charge in [-0.05, 0) is 44.7 Å². The summed E-state index contributed by atoms with van der Waals surface area (Å²) < 4.78 is 12.4. The van der Waals surface area contributed by atoms with E-state index in [4.69, 9.17) is 8.85 Å². The van der Waals surface area contributed by atoms with Gasteiger partial charge in [0.1, 0.15) is 12.1 Å². The summed E-state index contributed by atoms with van der Waals surface area (Å²) in [6.45, 7) is 19.5. The monoisotopic (exact) mass is 317 g/mol.